The van der Waals surface area contributed by atoms with E-state index in [1.165, 1.54) is 11.9 Å². The quantitative estimate of drug-likeness (QED) is 0.0263. The van der Waals surface area contributed by atoms with Crippen LogP contribution in [0.4, 0.5) is 15.3 Å². The topological polar surface area (TPSA) is 341 Å². The van der Waals surface area contributed by atoms with Gasteiger partial charge in [0.15, 0.2) is 5.78 Å². The average molecular weight is 1390 g/mol. The van der Waals surface area contributed by atoms with Gasteiger partial charge in [0.05, 0.1) is 49.5 Å². The number of methoxy groups -OCH3 is 2. The van der Waals surface area contributed by atoms with E-state index in [1.54, 1.807) is 88.5 Å². The fourth-order valence-corrected chi connectivity index (χ4v) is 12.4. The molecule has 2 heterocycles. The van der Waals surface area contributed by atoms with Crippen LogP contribution in [0.15, 0.2) is 89.1 Å². The van der Waals surface area contributed by atoms with Gasteiger partial charge < -0.3 is 55.1 Å². The number of likely N-dealkylation sites (N-methyl/N-ethyl adjacent to an activating group) is 2. The summed E-state index contributed by atoms with van der Waals surface area (Å²) in [5.74, 6) is -6.17. The zero-order valence-corrected chi connectivity index (χ0v) is 61.5. The van der Waals surface area contributed by atoms with Crippen LogP contribution in [0.1, 0.15) is 176 Å². The molecular formula is C75H111N9O16. The molecule has 0 bridgehead atoms. The largest absolute Gasteiger partial charge is 0.493 e. The van der Waals surface area contributed by atoms with Gasteiger partial charge in [0.2, 0.25) is 23.6 Å². The number of carbonyl (C=O) groups excluding carboxylic acids is 11. The highest BCUT2D eigenvalue weighted by Crippen LogP contribution is 2.32. The van der Waals surface area contributed by atoms with Crippen molar-refractivity contribution < 1.29 is 76.8 Å². The molecule has 25 heteroatoms. The lowest BCUT2D eigenvalue weighted by molar-refractivity contribution is -0.148. The van der Waals surface area contributed by atoms with Crippen molar-refractivity contribution in [2.75, 3.05) is 53.3 Å². The Kier molecular flexibility index (Phi) is 35.0. The van der Waals surface area contributed by atoms with E-state index in [4.69, 9.17) is 24.7 Å². The van der Waals surface area contributed by atoms with Crippen LogP contribution in [0, 0.1) is 47.3 Å². The van der Waals surface area contributed by atoms with Crippen LogP contribution in [0.25, 0.3) is 0 Å². The number of nitrogens with two attached hydrogens (primary N) is 1. The van der Waals surface area contributed by atoms with Gasteiger partial charge in [0, 0.05) is 96.6 Å². The van der Waals surface area contributed by atoms with Crippen molar-refractivity contribution in [1.82, 2.24) is 25.3 Å². The molecule has 9 amide bonds. The summed E-state index contributed by atoms with van der Waals surface area (Å²) in [7, 11) is 6.40. The Morgan fingerprint density at radius 1 is 0.720 bits per heavy atom. The molecule has 0 radical (unpaired) electrons. The summed E-state index contributed by atoms with van der Waals surface area (Å²) < 4.78 is 22.4. The molecule has 1 saturated heterocycles. The van der Waals surface area contributed by atoms with Gasteiger partial charge in [-0.05, 0) is 110 Å². The highest BCUT2D eigenvalue weighted by atomic mass is 16.6. The number of urea groups is 1. The number of ether oxygens (including phenoxy) is 4. The second-order valence-electron chi connectivity index (χ2n) is 27.7. The lowest BCUT2D eigenvalue weighted by Gasteiger charge is -2.40. The van der Waals surface area contributed by atoms with Crippen LogP contribution in [-0.2, 0) is 64.0 Å². The van der Waals surface area contributed by atoms with Crippen LogP contribution >= 0.6 is 0 Å². The highest BCUT2D eigenvalue weighted by Gasteiger charge is 2.41. The standard InChI is InChI=1S/C59H87N9O13.C16H24O3/c1-13-37(8)52(48(79-12)32-49(71)68-28-15-16-38(68)9)66(10)57(76)45(35(4)5)31-47(70)51(36(6)7)67(11)59(78)81-33-39-18-22-41(23-19-39)62-54(73)46(60)17-14-27-61-58(77)63-53(72)44(34(2)3)30-42(69)26-29-80-43-24-20-40(21-25-43)50-55(74)64-65-56(50)75;1-11(10-15(17)12(2)13(3)19-4)16(18)14-8-6-5-7-9-14/h18-25,34-38,44-46,48,50-52H,13-17,26-33,60H2,1-12H3,(H,62,73)(H2,61,63,72,77);5-9,11-13,16,18H,10H2,1-4H3/t37-,38+,44-,45-,46?,48?,51-,52-;11-,12+,13-,16+/m00/s1. The maximum Gasteiger partial charge on any atom is 0.410 e. The van der Waals surface area contributed by atoms with Gasteiger partial charge in [-0.1, -0.05) is 130 Å². The van der Waals surface area contributed by atoms with Crippen molar-refractivity contribution in [3.63, 3.8) is 0 Å². The molecule has 25 nitrogen and oxygen atoms in total. The third-order valence-corrected chi connectivity index (χ3v) is 19.3. The number of rotatable bonds is 38. The Morgan fingerprint density at radius 3 is 1.89 bits per heavy atom. The molecule has 3 aromatic carbocycles. The third kappa shape index (κ3) is 25.5. The summed E-state index contributed by atoms with van der Waals surface area (Å²) in [6.45, 7) is 23.5. The highest BCUT2D eigenvalue weighted by molar-refractivity contribution is 6.10. The second-order valence-corrected chi connectivity index (χ2v) is 27.7. The van der Waals surface area contributed by atoms with Gasteiger partial charge in [0.25, 0.3) is 11.8 Å². The van der Waals surface area contributed by atoms with Gasteiger partial charge in [-0.15, -0.1) is 10.2 Å². The number of ketones is 3. The summed E-state index contributed by atoms with van der Waals surface area (Å²) in [6, 6.07) is 19.4. The Hall–Kier alpha value is -8.13. The zero-order valence-electron chi connectivity index (χ0n) is 61.5. The smallest absolute Gasteiger partial charge is 0.410 e. The van der Waals surface area contributed by atoms with Crippen LogP contribution in [0.3, 0.4) is 0 Å². The number of nitrogens with zero attached hydrogens (tertiary/aromatic N) is 5. The number of aliphatic hydroxyl groups is 1. The zero-order chi connectivity index (χ0) is 74.7. The molecule has 3 aromatic rings. The number of amides is 9. The number of hydrogen-bond donors (Lipinski definition) is 5. The maximum absolute atomic E-state index is 14.4. The summed E-state index contributed by atoms with van der Waals surface area (Å²) in [5.41, 5.74) is 8.49. The van der Waals surface area contributed by atoms with Gasteiger partial charge in [-0.3, -0.25) is 48.5 Å². The predicted octanol–water partition coefficient (Wildman–Crippen LogP) is 9.96. The van der Waals surface area contributed by atoms with Gasteiger partial charge in [-0.2, -0.15) is 0 Å². The Bertz CT molecular complexity index is 3200. The number of anilines is 1. The summed E-state index contributed by atoms with van der Waals surface area (Å²) in [6.07, 6.45) is 1.46. The third-order valence-electron chi connectivity index (χ3n) is 19.3. The normalized spacial score (nSPS) is 17.1. The van der Waals surface area contributed by atoms with Gasteiger partial charge in [-0.25, -0.2) is 9.59 Å². The van der Waals surface area contributed by atoms with Gasteiger partial charge >= 0.3 is 12.1 Å². The number of benzene rings is 3. The predicted molar refractivity (Wildman–Crippen MR) is 378 cm³/mol. The Balaban J connectivity index is 0.000000959. The van der Waals surface area contributed by atoms with E-state index in [9.17, 15) is 57.8 Å². The number of Topliss-reactive ketones (excluding diaryl/α,β-unsaturated/α-hetero) is 3. The molecule has 100 heavy (non-hydrogen) atoms. The fraction of sp³-hybridized carbons (Fsp3) is 0.613. The molecule has 552 valence electrons. The molecule has 12 atom stereocenters. The number of carbonyl (C=O) groups is 11. The molecule has 1 fully saturated rings. The minimum Gasteiger partial charge on any atom is -0.493 e. The number of azo groups is 1. The molecule has 2 unspecified atom stereocenters. The molecule has 0 saturated carbocycles. The lowest BCUT2D eigenvalue weighted by Crippen LogP contribution is -2.53. The molecule has 2 aliphatic rings. The average Bonchev–Trinajstić information content (AvgIpc) is 1.04. The van der Waals surface area contributed by atoms with Crippen LogP contribution in [-0.4, -0.2) is 169 Å². The second kappa shape index (κ2) is 41.6. The minimum absolute atomic E-state index is 0.00203. The first kappa shape index (κ1) is 84.3. The Labute approximate surface area is 590 Å². The summed E-state index contributed by atoms with van der Waals surface area (Å²) in [4.78, 5) is 148. The first-order valence-electron chi connectivity index (χ1n) is 35.0. The van der Waals surface area contributed by atoms with E-state index >= 15 is 0 Å². The molecular weight excluding hydrogens is 1280 g/mol. The minimum atomic E-state index is -1.07. The van der Waals surface area contributed by atoms with E-state index in [-0.39, 0.29) is 129 Å². The van der Waals surface area contributed by atoms with Crippen molar-refractivity contribution in [3.05, 3.63) is 95.6 Å². The van der Waals surface area contributed by atoms with Crippen LogP contribution in [0.2, 0.25) is 0 Å². The maximum atomic E-state index is 14.4. The van der Waals surface area contributed by atoms with Gasteiger partial charge in [0.1, 0.15) is 29.8 Å². The lowest BCUT2D eigenvalue weighted by atomic mass is 9.83. The van der Waals surface area contributed by atoms with E-state index < -0.39 is 83.8 Å². The molecule has 0 aliphatic carbocycles. The first-order chi connectivity index (χ1) is 47.3. The molecule has 5 rings (SSSR count). The molecule has 0 spiro atoms. The number of likely N-dealkylation sites (tertiary alicyclic amines) is 1. The number of nitrogens with one attached hydrogen (secondary N) is 3. The number of hydrogen-bond acceptors (Lipinski definition) is 17. The van der Waals surface area contributed by atoms with Crippen molar-refractivity contribution in [3.8, 4) is 5.75 Å². The van der Waals surface area contributed by atoms with Crippen molar-refractivity contribution >= 4 is 70.6 Å². The van der Waals surface area contributed by atoms with E-state index in [1.807, 2.05) is 104 Å². The van der Waals surface area contributed by atoms with E-state index in [2.05, 4.69) is 26.2 Å². The van der Waals surface area contributed by atoms with Crippen LogP contribution in [0.5, 0.6) is 5.75 Å². The Morgan fingerprint density at radius 2 is 1.34 bits per heavy atom. The molecule has 2 aliphatic heterocycles. The van der Waals surface area contributed by atoms with Crippen molar-refractivity contribution in [2.24, 2.45) is 63.3 Å². The van der Waals surface area contributed by atoms with Crippen molar-refractivity contribution in [2.45, 2.75) is 202 Å². The molecule has 0 aromatic heterocycles. The fourth-order valence-electron chi connectivity index (χ4n) is 12.4. The monoisotopic (exact) mass is 1390 g/mol. The number of aliphatic hydroxyl groups excluding tert-OH is 1. The summed E-state index contributed by atoms with van der Waals surface area (Å²) in [5, 5.41) is 24.4. The van der Waals surface area contributed by atoms with Crippen molar-refractivity contribution in [1.29, 1.82) is 0 Å². The SMILES string of the molecule is CC[C@H](C)[C@@H](C(CC(=O)N1CCC[C@H]1C)OC)N(C)C(=O)[C@@H](CC(=O)[C@H](C(C)C)N(C)C(=O)OCc1ccc(NC(=O)C(N)CCCNC(=O)NC(=O)[C@@H](CC(=O)CCOc2ccc(C3C(=O)N=NC3=O)cc2)C(C)C)cc1)C(C)C.CO[C@@H](C)[C@@H](C)C(=O)C[C@H](C)[C@@H](O)c1ccccc1. The van der Waals surface area contributed by atoms with E-state index in [0.29, 0.717) is 42.0 Å². The first-order valence-corrected chi connectivity index (χ1v) is 35.0. The molecule has 6 N–H and O–H groups in total. The summed E-state index contributed by atoms with van der Waals surface area (Å²) >= 11 is 0. The van der Waals surface area contributed by atoms with Crippen LogP contribution < -0.4 is 26.4 Å². The van der Waals surface area contributed by atoms with E-state index in [0.717, 1.165) is 24.8 Å². The number of imide groups is 1.